The molecule has 1 aliphatic carbocycles. The van der Waals surface area contributed by atoms with Crippen LogP contribution in [0.4, 0.5) is 0 Å². The van der Waals surface area contributed by atoms with Crippen molar-refractivity contribution in [1.82, 2.24) is 5.32 Å². The average Bonchev–Trinajstić information content (AvgIpc) is 3.11. The van der Waals surface area contributed by atoms with Crippen LogP contribution < -0.4 is 5.32 Å². The molecule has 1 saturated carbocycles. The van der Waals surface area contributed by atoms with Crippen molar-refractivity contribution in [3.8, 4) is 0 Å². The molecular formula is C19H27NS. The van der Waals surface area contributed by atoms with Crippen LogP contribution in [-0.4, -0.2) is 6.54 Å². The molecule has 1 unspecified atom stereocenters. The van der Waals surface area contributed by atoms with Gasteiger partial charge in [0.25, 0.3) is 0 Å². The maximum atomic E-state index is 3.84. The summed E-state index contributed by atoms with van der Waals surface area (Å²) in [7, 11) is 0. The normalized spacial score (nSPS) is 19.2. The third-order valence-corrected chi connectivity index (χ3v) is 6.93. The Labute approximate surface area is 132 Å². The summed E-state index contributed by atoms with van der Waals surface area (Å²) in [6.07, 6.45) is 6.99. The zero-order valence-electron chi connectivity index (χ0n) is 13.5. The van der Waals surface area contributed by atoms with Crippen LogP contribution in [0.25, 0.3) is 10.1 Å². The third kappa shape index (κ3) is 2.89. The molecule has 3 rings (SSSR count). The van der Waals surface area contributed by atoms with Gasteiger partial charge in [0.15, 0.2) is 0 Å². The van der Waals surface area contributed by atoms with Crippen LogP contribution in [-0.2, 0) is 0 Å². The van der Waals surface area contributed by atoms with Gasteiger partial charge < -0.3 is 5.32 Å². The fourth-order valence-corrected chi connectivity index (χ4v) is 5.09. The van der Waals surface area contributed by atoms with E-state index in [2.05, 4.69) is 50.4 Å². The maximum absolute atomic E-state index is 3.84. The van der Waals surface area contributed by atoms with Gasteiger partial charge in [-0.25, -0.2) is 0 Å². The van der Waals surface area contributed by atoms with Crippen LogP contribution in [0, 0.1) is 12.3 Å². The van der Waals surface area contributed by atoms with Gasteiger partial charge in [0.2, 0.25) is 0 Å². The molecule has 1 aromatic carbocycles. The van der Waals surface area contributed by atoms with Gasteiger partial charge in [-0.1, -0.05) is 38.0 Å². The maximum Gasteiger partial charge on any atom is 0.0389 e. The number of hydrogen-bond acceptors (Lipinski definition) is 2. The Kier molecular flexibility index (Phi) is 4.37. The van der Waals surface area contributed by atoms with Crippen molar-refractivity contribution in [1.29, 1.82) is 0 Å². The lowest BCUT2D eigenvalue weighted by molar-refractivity contribution is 0.259. The minimum atomic E-state index is 0.464. The molecule has 1 heterocycles. The van der Waals surface area contributed by atoms with Gasteiger partial charge in [-0.3, -0.25) is 0 Å². The van der Waals surface area contributed by atoms with Crippen molar-refractivity contribution in [2.24, 2.45) is 5.41 Å². The molecule has 1 aromatic heterocycles. The van der Waals surface area contributed by atoms with Crippen LogP contribution in [0.5, 0.6) is 0 Å². The molecule has 21 heavy (non-hydrogen) atoms. The molecule has 0 bridgehead atoms. The largest absolute Gasteiger partial charge is 0.309 e. The number of benzene rings is 1. The van der Waals surface area contributed by atoms with Crippen molar-refractivity contribution >= 4 is 21.4 Å². The summed E-state index contributed by atoms with van der Waals surface area (Å²) in [5, 5.41) is 5.27. The van der Waals surface area contributed by atoms with Crippen LogP contribution >= 0.6 is 11.3 Å². The standard InChI is InChI=1S/C19H27NS/c1-4-19(11-7-8-12-19)13-20-15(3)18-14(2)16-9-5-6-10-17(16)21-18/h5-6,9-10,15,20H,4,7-8,11-13H2,1-3H3. The van der Waals surface area contributed by atoms with Crippen molar-refractivity contribution in [2.45, 2.75) is 58.9 Å². The van der Waals surface area contributed by atoms with E-state index in [1.54, 1.807) is 0 Å². The van der Waals surface area contributed by atoms with E-state index in [9.17, 15) is 0 Å². The smallest absolute Gasteiger partial charge is 0.0389 e. The zero-order chi connectivity index (χ0) is 14.9. The van der Waals surface area contributed by atoms with E-state index in [0.717, 1.165) is 0 Å². The molecule has 0 spiro atoms. The van der Waals surface area contributed by atoms with Gasteiger partial charge in [-0.2, -0.15) is 0 Å². The van der Waals surface area contributed by atoms with Crippen LogP contribution in [0.1, 0.15) is 62.4 Å². The summed E-state index contributed by atoms with van der Waals surface area (Å²) in [6, 6.07) is 9.25. The monoisotopic (exact) mass is 301 g/mol. The Morgan fingerprint density at radius 2 is 1.95 bits per heavy atom. The molecule has 1 fully saturated rings. The van der Waals surface area contributed by atoms with Gasteiger partial charge in [-0.15, -0.1) is 11.3 Å². The number of hydrogen-bond donors (Lipinski definition) is 1. The predicted molar refractivity (Wildman–Crippen MR) is 94.2 cm³/mol. The second-order valence-corrected chi connectivity index (χ2v) is 7.83. The number of fused-ring (bicyclic) bond motifs is 1. The van der Waals surface area contributed by atoms with E-state index >= 15 is 0 Å². The number of nitrogens with one attached hydrogen (secondary N) is 1. The third-order valence-electron chi connectivity index (χ3n) is 5.47. The van der Waals surface area contributed by atoms with Gasteiger partial charge >= 0.3 is 0 Å². The molecule has 1 nitrogen and oxygen atoms in total. The average molecular weight is 301 g/mol. The lowest BCUT2D eigenvalue weighted by atomic mass is 9.83. The van der Waals surface area contributed by atoms with E-state index in [1.807, 2.05) is 11.3 Å². The summed E-state index contributed by atoms with van der Waals surface area (Å²) in [6.45, 7) is 8.15. The fraction of sp³-hybridized carbons (Fsp3) is 0.579. The van der Waals surface area contributed by atoms with Gasteiger partial charge in [0.05, 0.1) is 0 Å². The van der Waals surface area contributed by atoms with Crippen LogP contribution in [0.3, 0.4) is 0 Å². The van der Waals surface area contributed by atoms with E-state index in [4.69, 9.17) is 0 Å². The molecule has 2 heteroatoms. The highest BCUT2D eigenvalue weighted by molar-refractivity contribution is 7.19. The molecule has 2 aromatic rings. The fourth-order valence-electron chi connectivity index (χ4n) is 3.85. The van der Waals surface area contributed by atoms with E-state index in [-0.39, 0.29) is 0 Å². The Balaban J connectivity index is 1.75. The lowest BCUT2D eigenvalue weighted by Crippen LogP contribution is -2.33. The Morgan fingerprint density at radius 1 is 1.24 bits per heavy atom. The summed E-state index contributed by atoms with van der Waals surface area (Å²) >= 11 is 1.96. The molecule has 0 saturated heterocycles. The van der Waals surface area contributed by atoms with E-state index < -0.39 is 0 Å². The highest BCUT2D eigenvalue weighted by atomic mass is 32.1. The highest BCUT2D eigenvalue weighted by Crippen LogP contribution is 2.41. The van der Waals surface area contributed by atoms with Gasteiger partial charge in [-0.05, 0) is 55.5 Å². The molecule has 0 radical (unpaired) electrons. The summed E-state index contributed by atoms with van der Waals surface area (Å²) in [4.78, 5) is 1.51. The molecule has 114 valence electrons. The van der Waals surface area contributed by atoms with Crippen LogP contribution in [0.15, 0.2) is 24.3 Å². The first kappa shape index (κ1) is 15.1. The summed E-state index contributed by atoms with van der Waals surface area (Å²) in [5.41, 5.74) is 2.03. The molecule has 0 amide bonds. The Bertz CT molecular complexity index is 607. The summed E-state index contributed by atoms with van der Waals surface area (Å²) in [5.74, 6) is 0. The van der Waals surface area contributed by atoms with Gasteiger partial charge in [0.1, 0.15) is 0 Å². The van der Waals surface area contributed by atoms with E-state index in [1.165, 1.54) is 59.2 Å². The second-order valence-electron chi connectivity index (χ2n) is 6.75. The number of aryl methyl sites for hydroxylation is 1. The zero-order valence-corrected chi connectivity index (χ0v) is 14.4. The molecule has 1 N–H and O–H groups in total. The van der Waals surface area contributed by atoms with E-state index in [0.29, 0.717) is 11.5 Å². The molecule has 0 aliphatic heterocycles. The van der Waals surface area contributed by atoms with Crippen molar-refractivity contribution in [3.05, 3.63) is 34.7 Å². The topological polar surface area (TPSA) is 12.0 Å². The quantitative estimate of drug-likeness (QED) is 0.732. The Hall–Kier alpha value is -0.860. The first-order chi connectivity index (χ1) is 10.2. The molecule has 1 atom stereocenters. The van der Waals surface area contributed by atoms with Crippen LogP contribution in [0.2, 0.25) is 0 Å². The first-order valence-corrected chi connectivity index (χ1v) is 9.18. The SMILES string of the molecule is CCC1(CNC(C)c2sc3ccccc3c2C)CCCC1. The number of thiophene rings is 1. The van der Waals surface area contributed by atoms with Crippen molar-refractivity contribution in [2.75, 3.05) is 6.54 Å². The lowest BCUT2D eigenvalue weighted by Gasteiger charge is -2.29. The first-order valence-electron chi connectivity index (χ1n) is 8.37. The minimum Gasteiger partial charge on any atom is -0.309 e. The highest BCUT2D eigenvalue weighted by Gasteiger charge is 2.32. The van der Waals surface area contributed by atoms with Gasteiger partial charge in [0, 0.05) is 22.2 Å². The minimum absolute atomic E-state index is 0.464. The number of rotatable bonds is 5. The summed E-state index contributed by atoms with van der Waals surface area (Å²) < 4.78 is 1.42. The predicted octanol–water partition coefficient (Wildman–Crippen LogP) is 5.83. The van der Waals surface area contributed by atoms with Crippen molar-refractivity contribution in [3.63, 3.8) is 0 Å². The van der Waals surface area contributed by atoms with Crippen molar-refractivity contribution < 1.29 is 0 Å². The second kappa shape index (κ2) is 6.10. The Morgan fingerprint density at radius 3 is 2.62 bits per heavy atom. The molecule has 1 aliphatic rings. The molecular weight excluding hydrogens is 274 g/mol.